The van der Waals surface area contributed by atoms with Crippen LogP contribution in [0.15, 0.2) is 12.1 Å². The van der Waals surface area contributed by atoms with E-state index in [1.807, 2.05) is 11.3 Å². The van der Waals surface area contributed by atoms with Crippen LogP contribution in [0.5, 0.6) is 0 Å². The van der Waals surface area contributed by atoms with Gasteiger partial charge >= 0.3 is 0 Å². The van der Waals surface area contributed by atoms with Crippen molar-refractivity contribution in [1.29, 1.82) is 0 Å². The predicted octanol–water partition coefficient (Wildman–Crippen LogP) is 3.92. The largest absolute Gasteiger partial charge is 0.326 e. The number of hydrogen-bond acceptors (Lipinski definition) is 3. The number of likely N-dealkylation sites (N-methyl/N-ethyl adjacent to an activating group) is 1. The molecule has 0 amide bonds. The Morgan fingerprint density at radius 3 is 2.63 bits per heavy atom. The third-order valence-corrected chi connectivity index (χ3v) is 5.68. The summed E-state index contributed by atoms with van der Waals surface area (Å²) in [5.74, 6) is 0. The second-order valence-electron chi connectivity index (χ2n) is 6.69. The first-order chi connectivity index (χ1) is 8.93. The van der Waals surface area contributed by atoms with Crippen LogP contribution in [0, 0.1) is 0 Å². The lowest BCUT2D eigenvalue weighted by molar-refractivity contribution is 0.198. The molecule has 2 N–H and O–H groups in total. The molecule has 0 saturated carbocycles. The minimum Gasteiger partial charge on any atom is -0.326 e. The van der Waals surface area contributed by atoms with Gasteiger partial charge in [0.15, 0.2) is 0 Å². The molecule has 1 aliphatic heterocycles. The van der Waals surface area contributed by atoms with Gasteiger partial charge in [-0.25, -0.2) is 0 Å². The van der Waals surface area contributed by atoms with Crippen molar-refractivity contribution in [3.8, 4) is 0 Å². The molecule has 1 fully saturated rings. The quantitative estimate of drug-likeness (QED) is 0.889. The maximum absolute atomic E-state index is 6.46. The van der Waals surface area contributed by atoms with Crippen LogP contribution in [0.3, 0.4) is 0 Å². The Kier molecular flexibility index (Phi) is 4.70. The first-order valence-electron chi connectivity index (χ1n) is 7.53. The van der Waals surface area contributed by atoms with Gasteiger partial charge in [-0.2, -0.15) is 0 Å². The number of rotatable bonds is 2. The lowest BCUT2D eigenvalue weighted by Crippen LogP contribution is -2.39. The first-order valence-corrected chi connectivity index (χ1v) is 8.35. The fourth-order valence-corrected chi connectivity index (χ4v) is 4.20. The number of nitrogens with two attached hydrogens (primary N) is 1. The Morgan fingerprint density at radius 1 is 1.32 bits per heavy atom. The zero-order valence-electron chi connectivity index (χ0n) is 12.8. The van der Waals surface area contributed by atoms with Crippen molar-refractivity contribution in [2.75, 3.05) is 13.1 Å². The van der Waals surface area contributed by atoms with E-state index in [1.165, 1.54) is 29.1 Å². The van der Waals surface area contributed by atoms with Crippen LogP contribution >= 0.6 is 11.3 Å². The molecule has 2 nitrogen and oxygen atoms in total. The van der Waals surface area contributed by atoms with Crippen molar-refractivity contribution in [2.24, 2.45) is 5.73 Å². The number of thiophene rings is 1. The maximum atomic E-state index is 6.46. The van der Waals surface area contributed by atoms with E-state index in [2.05, 4.69) is 44.7 Å². The Labute approximate surface area is 122 Å². The normalized spacial score (nSPS) is 26.4. The summed E-state index contributed by atoms with van der Waals surface area (Å²) in [6.45, 7) is 11.4. The second kappa shape index (κ2) is 5.94. The smallest absolute Gasteiger partial charge is 0.0593 e. The fourth-order valence-electron chi connectivity index (χ4n) is 2.92. The third kappa shape index (κ3) is 3.39. The standard InChI is InChI=1S/C16H28N2S/c1-5-18-11-7-6-8-12(17)15(18)13-9-10-14(19-13)16(2,3)4/h9-10,12,15H,5-8,11,17H2,1-4H3. The van der Waals surface area contributed by atoms with Crippen LogP contribution in [0.2, 0.25) is 0 Å². The van der Waals surface area contributed by atoms with Crippen LogP contribution in [-0.4, -0.2) is 24.0 Å². The molecule has 108 valence electrons. The topological polar surface area (TPSA) is 29.3 Å². The molecule has 0 bridgehead atoms. The predicted molar refractivity (Wildman–Crippen MR) is 84.8 cm³/mol. The lowest BCUT2D eigenvalue weighted by Gasteiger charge is -2.31. The van der Waals surface area contributed by atoms with E-state index in [4.69, 9.17) is 5.73 Å². The fraction of sp³-hybridized carbons (Fsp3) is 0.750. The summed E-state index contributed by atoms with van der Waals surface area (Å²) in [5, 5.41) is 0. The van der Waals surface area contributed by atoms with E-state index in [0.29, 0.717) is 6.04 Å². The Balaban J connectivity index is 2.28. The van der Waals surface area contributed by atoms with Gasteiger partial charge in [-0.15, -0.1) is 11.3 Å². The van der Waals surface area contributed by atoms with Gasteiger partial charge in [0.2, 0.25) is 0 Å². The van der Waals surface area contributed by atoms with Crippen LogP contribution in [0.4, 0.5) is 0 Å². The van der Waals surface area contributed by atoms with Crippen molar-refractivity contribution in [3.63, 3.8) is 0 Å². The lowest BCUT2D eigenvalue weighted by atomic mass is 9.95. The van der Waals surface area contributed by atoms with Gasteiger partial charge in [-0.05, 0) is 43.5 Å². The molecule has 1 aromatic heterocycles. The minimum atomic E-state index is 0.245. The molecule has 1 aliphatic rings. The van der Waals surface area contributed by atoms with E-state index in [1.54, 1.807) is 0 Å². The summed E-state index contributed by atoms with van der Waals surface area (Å²) in [6.07, 6.45) is 3.71. The number of hydrogen-bond donors (Lipinski definition) is 1. The first kappa shape index (κ1) is 15.0. The van der Waals surface area contributed by atoms with Gasteiger partial charge < -0.3 is 5.73 Å². The van der Waals surface area contributed by atoms with Crippen molar-refractivity contribution in [3.05, 3.63) is 21.9 Å². The molecule has 3 heteroatoms. The van der Waals surface area contributed by atoms with Crippen LogP contribution in [-0.2, 0) is 5.41 Å². The molecule has 2 atom stereocenters. The van der Waals surface area contributed by atoms with Gasteiger partial charge in [0.05, 0.1) is 6.04 Å². The van der Waals surface area contributed by atoms with E-state index in [0.717, 1.165) is 13.0 Å². The average molecular weight is 280 g/mol. The van der Waals surface area contributed by atoms with Gasteiger partial charge in [0, 0.05) is 15.8 Å². The van der Waals surface area contributed by atoms with Gasteiger partial charge in [-0.1, -0.05) is 34.1 Å². The average Bonchev–Trinajstić information content (AvgIpc) is 2.74. The van der Waals surface area contributed by atoms with Crippen molar-refractivity contribution < 1.29 is 0 Å². The summed E-state index contributed by atoms with van der Waals surface area (Å²) in [4.78, 5) is 5.49. The zero-order valence-corrected chi connectivity index (χ0v) is 13.6. The third-order valence-electron chi connectivity index (χ3n) is 4.10. The van der Waals surface area contributed by atoms with Crippen LogP contribution < -0.4 is 5.73 Å². The molecular formula is C16H28N2S. The van der Waals surface area contributed by atoms with Crippen LogP contribution in [0.25, 0.3) is 0 Å². The summed E-state index contributed by atoms with van der Waals surface area (Å²) in [6, 6.07) is 5.32. The molecule has 0 aromatic carbocycles. The highest BCUT2D eigenvalue weighted by Gasteiger charge is 2.30. The highest BCUT2D eigenvalue weighted by Crippen LogP contribution is 2.37. The van der Waals surface area contributed by atoms with Gasteiger partial charge in [0.1, 0.15) is 0 Å². The van der Waals surface area contributed by atoms with E-state index < -0.39 is 0 Å². The van der Waals surface area contributed by atoms with E-state index in [-0.39, 0.29) is 11.5 Å². The molecule has 1 saturated heterocycles. The van der Waals surface area contributed by atoms with E-state index >= 15 is 0 Å². The molecule has 19 heavy (non-hydrogen) atoms. The Morgan fingerprint density at radius 2 is 2.05 bits per heavy atom. The maximum Gasteiger partial charge on any atom is 0.0593 e. The Hall–Kier alpha value is -0.380. The Bertz CT molecular complexity index is 405. The summed E-state index contributed by atoms with van der Waals surface area (Å²) < 4.78 is 0. The zero-order chi connectivity index (χ0) is 14.0. The molecule has 2 unspecified atom stereocenters. The molecule has 2 rings (SSSR count). The molecule has 0 spiro atoms. The SMILES string of the molecule is CCN1CCCCC(N)C1c1ccc(C(C)(C)C)s1. The van der Waals surface area contributed by atoms with Crippen molar-refractivity contribution in [2.45, 2.75) is 64.5 Å². The second-order valence-corrected chi connectivity index (χ2v) is 7.80. The van der Waals surface area contributed by atoms with E-state index in [9.17, 15) is 0 Å². The molecular weight excluding hydrogens is 252 g/mol. The molecule has 0 aliphatic carbocycles. The monoisotopic (exact) mass is 280 g/mol. The van der Waals surface area contributed by atoms with Crippen molar-refractivity contribution in [1.82, 2.24) is 4.90 Å². The van der Waals surface area contributed by atoms with Gasteiger partial charge in [-0.3, -0.25) is 4.90 Å². The molecule has 0 radical (unpaired) electrons. The summed E-state index contributed by atoms with van der Waals surface area (Å²) in [7, 11) is 0. The highest BCUT2D eigenvalue weighted by molar-refractivity contribution is 7.12. The summed E-state index contributed by atoms with van der Waals surface area (Å²) >= 11 is 1.96. The number of likely N-dealkylation sites (tertiary alicyclic amines) is 1. The van der Waals surface area contributed by atoms with Crippen molar-refractivity contribution >= 4 is 11.3 Å². The highest BCUT2D eigenvalue weighted by atomic mass is 32.1. The van der Waals surface area contributed by atoms with Crippen LogP contribution in [0.1, 0.15) is 62.8 Å². The number of nitrogens with zero attached hydrogens (tertiary/aromatic N) is 1. The van der Waals surface area contributed by atoms with Gasteiger partial charge in [0.25, 0.3) is 0 Å². The molecule has 2 heterocycles. The molecule has 1 aromatic rings. The minimum absolute atomic E-state index is 0.245. The summed E-state index contributed by atoms with van der Waals surface area (Å²) in [5.41, 5.74) is 6.71.